The zero-order valence-electron chi connectivity index (χ0n) is 18.3. The number of amides is 1. The van der Waals surface area contributed by atoms with Gasteiger partial charge in [0.2, 0.25) is 15.9 Å². The molecule has 1 amide bonds. The van der Waals surface area contributed by atoms with Gasteiger partial charge in [0.1, 0.15) is 0 Å². The molecule has 1 atom stereocenters. The monoisotopic (exact) mass is 409 g/mol. The number of benzene rings is 1. The van der Waals surface area contributed by atoms with Crippen LogP contribution in [0.3, 0.4) is 0 Å². The molecule has 0 bridgehead atoms. The number of hydrogen-bond acceptors (Lipinski definition) is 4. The number of aryl methyl sites for hydroxylation is 2. The van der Waals surface area contributed by atoms with E-state index in [9.17, 15) is 13.2 Å². The molecule has 158 valence electrons. The average Bonchev–Trinajstić information content (AvgIpc) is 2.64. The summed E-state index contributed by atoms with van der Waals surface area (Å²) >= 11 is 0. The van der Waals surface area contributed by atoms with Crippen LogP contribution in [0.2, 0.25) is 0 Å². The van der Waals surface area contributed by atoms with Crippen molar-refractivity contribution in [3.8, 4) is 0 Å². The van der Waals surface area contributed by atoms with Gasteiger partial charge in [-0.1, -0.05) is 19.9 Å². The molecule has 1 N–H and O–H groups in total. The van der Waals surface area contributed by atoms with Gasteiger partial charge in [-0.25, -0.2) is 8.42 Å². The van der Waals surface area contributed by atoms with Crippen molar-refractivity contribution >= 4 is 15.9 Å². The van der Waals surface area contributed by atoms with Crippen molar-refractivity contribution in [3.63, 3.8) is 0 Å². The Morgan fingerprint density at radius 2 is 1.50 bits per heavy atom. The summed E-state index contributed by atoms with van der Waals surface area (Å²) in [4.78, 5) is 14.8. The van der Waals surface area contributed by atoms with E-state index in [4.69, 9.17) is 0 Å². The van der Waals surface area contributed by atoms with E-state index in [1.807, 2.05) is 40.7 Å². The van der Waals surface area contributed by atoms with Crippen LogP contribution in [-0.4, -0.2) is 62.3 Å². The molecule has 1 aliphatic rings. The highest BCUT2D eigenvalue weighted by Gasteiger charge is 2.33. The zero-order chi connectivity index (χ0) is 21.2. The molecule has 28 heavy (non-hydrogen) atoms. The Morgan fingerprint density at radius 1 is 1.00 bits per heavy atom. The van der Waals surface area contributed by atoms with E-state index in [0.29, 0.717) is 43.5 Å². The van der Waals surface area contributed by atoms with Crippen LogP contribution in [0, 0.1) is 33.6 Å². The minimum Gasteiger partial charge on any atom is -0.354 e. The van der Waals surface area contributed by atoms with Gasteiger partial charge in [-0.3, -0.25) is 9.69 Å². The van der Waals surface area contributed by atoms with Crippen molar-refractivity contribution in [2.24, 2.45) is 5.92 Å². The first-order chi connectivity index (χ1) is 13.0. The highest BCUT2D eigenvalue weighted by molar-refractivity contribution is 7.89. The number of nitrogens with zero attached hydrogens (tertiary/aromatic N) is 2. The first-order valence-corrected chi connectivity index (χ1v) is 11.5. The van der Waals surface area contributed by atoms with Crippen molar-refractivity contribution in [3.05, 3.63) is 28.3 Å². The van der Waals surface area contributed by atoms with E-state index in [1.165, 1.54) is 0 Å². The van der Waals surface area contributed by atoms with Crippen molar-refractivity contribution in [1.82, 2.24) is 14.5 Å². The molecule has 1 unspecified atom stereocenters. The van der Waals surface area contributed by atoms with Gasteiger partial charge in [-0.05, 0) is 62.8 Å². The summed E-state index contributed by atoms with van der Waals surface area (Å²) in [5, 5.41) is 2.96. The summed E-state index contributed by atoms with van der Waals surface area (Å²) < 4.78 is 28.3. The minimum atomic E-state index is -3.55. The first kappa shape index (κ1) is 22.8. The van der Waals surface area contributed by atoms with E-state index in [1.54, 1.807) is 4.31 Å². The zero-order valence-corrected chi connectivity index (χ0v) is 19.1. The first-order valence-electron chi connectivity index (χ1n) is 10.1. The molecule has 1 aromatic carbocycles. The Balaban J connectivity index is 2.12. The van der Waals surface area contributed by atoms with Gasteiger partial charge < -0.3 is 5.32 Å². The standard InChI is InChI=1S/C21H35N3O3S/c1-14(2)13-22-21(25)19(7)23-8-10-24(11-9-23)28(26,27)20-17(5)15(3)12-16(4)18(20)6/h12,14,19H,8-11,13H2,1-7H3,(H,22,25). The van der Waals surface area contributed by atoms with Crippen molar-refractivity contribution in [2.45, 2.75) is 59.4 Å². The fourth-order valence-electron chi connectivity index (χ4n) is 3.65. The summed E-state index contributed by atoms with van der Waals surface area (Å²) in [6, 6.07) is 1.78. The molecule has 0 spiro atoms. The summed E-state index contributed by atoms with van der Waals surface area (Å²) in [7, 11) is -3.55. The second-order valence-electron chi connectivity index (χ2n) is 8.34. The Bertz CT molecular complexity index is 800. The molecular weight excluding hydrogens is 374 g/mol. The number of piperazine rings is 1. The molecule has 1 aromatic rings. The molecule has 6 nitrogen and oxygen atoms in total. The summed E-state index contributed by atoms with van der Waals surface area (Å²) in [5.74, 6) is 0.411. The van der Waals surface area contributed by atoms with Crippen LogP contribution in [0.1, 0.15) is 43.0 Å². The number of rotatable bonds is 6. The molecule has 1 fully saturated rings. The predicted octanol–water partition coefficient (Wildman–Crippen LogP) is 2.39. The largest absolute Gasteiger partial charge is 0.354 e. The van der Waals surface area contributed by atoms with E-state index in [2.05, 4.69) is 24.1 Å². The van der Waals surface area contributed by atoms with Crippen LogP contribution in [-0.2, 0) is 14.8 Å². The number of hydrogen-bond donors (Lipinski definition) is 1. The van der Waals surface area contributed by atoms with Gasteiger partial charge in [-0.2, -0.15) is 4.31 Å². The highest BCUT2D eigenvalue weighted by Crippen LogP contribution is 2.29. The maximum Gasteiger partial charge on any atom is 0.243 e. The van der Waals surface area contributed by atoms with Gasteiger partial charge >= 0.3 is 0 Å². The fraction of sp³-hybridized carbons (Fsp3) is 0.667. The number of carbonyl (C=O) groups is 1. The quantitative estimate of drug-likeness (QED) is 0.783. The molecule has 0 radical (unpaired) electrons. The molecule has 1 saturated heterocycles. The molecule has 2 rings (SSSR count). The normalized spacial score (nSPS) is 17.7. The number of sulfonamides is 1. The SMILES string of the molecule is Cc1cc(C)c(C)c(S(=O)(=O)N2CCN(C(C)C(=O)NCC(C)C)CC2)c1C. The maximum atomic E-state index is 13.3. The lowest BCUT2D eigenvalue weighted by molar-refractivity contribution is -0.126. The molecule has 1 heterocycles. The summed E-state index contributed by atoms with van der Waals surface area (Å²) in [6.45, 7) is 16.2. The third kappa shape index (κ3) is 4.75. The fourth-order valence-corrected chi connectivity index (χ4v) is 5.64. The molecule has 0 saturated carbocycles. The van der Waals surface area contributed by atoms with Crippen LogP contribution < -0.4 is 5.32 Å². The lowest BCUT2D eigenvalue weighted by Crippen LogP contribution is -2.55. The molecule has 0 aliphatic carbocycles. The number of carbonyl (C=O) groups excluding carboxylic acids is 1. The average molecular weight is 410 g/mol. The van der Waals surface area contributed by atoms with Gasteiger partial charge in [0, 0.05) is 32.7 Å². The van der Waals surface area contributed by atoms with Crippen LogP contribution in [0.25, 0.3) is 0 Å². The predicted molar refractivity (Wildman–Crippen MR) is 113 cm³/mol. The molecule has 1 aliphatic heterocycles. The van der Waals surface area contributed by atoms with Gasteiger partial charge in [0.25, 0.3) is 0 Å². The smallest absolute Gasteiger partial charge is 0.243 e. The van der Waals surface area contributed by atoms with Crippen LogP contribution in [0.15, 0.2) is 11.0 Å². The molecule has 0 aromatic heterocycles. The van der Waals surface area contributed by atoms with E-state index in [-0.39, 0.29) is 11.9 Å². The topological polar surface area (TPSA) is 69.7 Å². The third-order valence-electron chi connectivity index (χ3n) is 5.78. The highest BCUT2D eigenvalue weighted by atomic mass is 32.2. The van der Waals surface area contributed by atoms with Gasteiger partial charge in [0.15, 0.2) is 0 Å². The minimum absolute atomic E-state index is 0.00556. The second kappa shape index (κ2) is 8.93. The Kier molecular flexibility index (Phi) is 7.28. The second-order valence-corrected chi connectivity index (χ2v) is 10.2. The Hall–Kier alpha value is -1.44. The summed E-state index contributed by atoms with van der Waals surface area (Å²) in [6.07, 6.45) is 0. The van der Waals surface area contributed by atoms with Crippen molar-refractivity contribution in [2.75, 3.05) is 32.7 Å². The number of nitrogens with one attached hydrogen (secondary N) is 1. The van der Waals surface area contributed by atoms with Crippen LogP contribution in [0.5, 0.6) is 0 Å². The van der Waals surface area contributed by atoms with Crippen LogP contribution in [0.4, 0.5) is 0 Å². The van der Waals surface area contributed by atoms with Crippen molar-refractivity contribution in [1.29, 1.82) is 0 Å². The van der Waals surface area contributed by atoms with Crippen molar-refractivity contribution < 1.29 is 13.2 Å². The molecule has 7 heteroatoms. The lowest BCUT2D eigenvalue weighted by atomic mass is 10.0. The third-order valence-corrected chi connectivity index (χ3v) is 7.95. The van der Waals surface area contributed by atoms with Crippen LogP contribution >= 0.6 is 0 Å². The lowest BCUT2D eigenvalue weighted by Gasteiger charge is -2.37. The Labute approximate surface area is 170 Å². The van der Waals surface area contributed by atoms with E-state index >= 15 is 0 Å². The summed E-state index contributed by atoms with van der Waals surface area (Å²) in [5.41, 5.74) is 3.64. The van der Waals surface area contributed by atoms with E-state index in [0.717, 1.165) is 22.3 Å². The van der Waals surface area contributed by atoms with Gasteiger partial charge in [-0.15, -0.1) is 0 Å². The maximum absolute atomic E-state index is 13.3. The molecular formula is C21H35N3O3S. The van der Waals surface area contributed by atoms with Gasteiger partial charge in [0.05, 0.1) is 10.9 Å². The Morgan fingerprint density at radius 3 is 1.96 bits per heavy atom. The van der Waals surface area contributed by atoms with E-state index < -0.39 is 10.0 Å².